The third-order valence-corrected chi connectivity index (χ3v) is 4.28. The summed E-state index contributed by atoms with van der Waals surface area (Å²) in [4.78, 5) is 0. The van der Waals surface area contributed by atoms with Crippen LogP contribution in [0.15, 0.2) is 9.15 Å². The van der Waals surface area contributed by atoms with Crippen LogP contribution >= 0.6 is 45.2 Å². The van der Waals surface area contributed by atoms with Crippen molar-refractivity contribution in [2.45, 2.75) is 44.9 Å². The van der Waals surface area contributed by atoms with Gasteiger partial charge in [0.1, 0.15) is 0 Å². The molecule has 0 unspecified atom stereocenters. The lowest BCUT2D eigenvalue weighted by Gasteiger charge is -2.10. The molecule has 0 bridgehead atoms. The predicted molar refractivity (Wildman–Crippen MR) is 80.0 cm³/mol. The van der Waals surface area contributed by atoms with Gasteiger partial charge in [-0.1, -0.05) is 34.4 Å². The molecule has 0 amide bonds. The molecule has 0 saturated heterocycles. The Hall–Kier alpha value is 0.760. The maximum Gasteiger partial charge on any atom is 0.0113 e. The molecule has 1 aliphatic carbocycles. The Morgan fingerprint density at radius 1 is 1.14 bits per heavy atom. The van der Waals surface area contributed by atoms with Crippen LogP contribution in [0.3, 0.4) is 0 Å². The fourth-order valence-corrected chi connectivity index (χ4v) is 2.80. The zero-order valence-corrected chi connectivity index (χ0v) is 12.7. The Labute approximate surface area is 115 Å². The second-order valence-corrected chi connectivity index (χ2v) is 5.92. The normalized spacial score (nSPS) is 16.4. The molecule has 78 valence electrons. The van der Waals surface area contributed by atoms with Crippen LogP contribution < -0.4 is 0 Å². The van der Waals surface area contributed by atoms with Crippen molar-refractivity contribution in [1.82, 2.24) is 0 Å². The third kappa shape index (κ3) is 5.01. The predicted octanol–water partition coefficient (Wildman–Crippen LogP) is 4.86. The Balaban J connectivity index is 2.34. The average Bonchev–Trinajstić information content (AvgIpc) is 2.20. The molecular weight excluding hydrogens is 398 g/mol. The lowest BCUT2D eigenvalue weighted by Crippen LogP contribution is -1.92. The maximum atomic E-state index is 3.35. The molecule has 0 N–H and O–H groups in total. The number of hydrogen-bond acceptors (Lipinski definition) is 0. The van der Waals surface area contributed by atoms with Gasteiger partial charge in [-0.25, -0.2) is 0 Å². The first kappa shape index (κ1) is 12.8. The summed E-state index contributed by atoms with van der Waals surface area (Å²) in [6, 6.07) is 0. The van der Waals surface area contributed by atoms with Crippen LogP contribution in [-0.4, -0.2) is 4.43 Å². The lowest BCUT2D eigenvalue weighted by molar-refractivity contribution is 0.712. The summed E-state index contributed by atoms with van der Waals surface area (Å²) >= 11 is 4.89. The van der Waals surface area contributed by atoms with E-state index in [2.05, 4.69) is 57.0 Å². The van der Waals surface area contributed by atoms with E-state index in [1.807, 2.05) is 0 Å². The summed E-state index contributed by atoms with van der Waals surface area (Å²) in [5.41, 5.74) is 1.42. The molecular formula is C12H16I2. The van der Waals surface area contributed by atoms with E-state index in [1.54, 1.807) is 0 Å². The summed E-state index contributed by atoms with van der Waals surface area (Å²) in [6.07, 6.45) is 8.83. The van der Waals surface area contributed by atoms with E-state index in [-0.39, 0.29) is 0 Å². The van der Waals surface area contributed by atoms with E-state index < -0.39 is 0 Å². The van der Waals surface area contributed by atoms with Crippen molar-refractivity contribution < 1.29 is 0 Å². The van der Waals surface area contributed by atoms with Gasteiger partial charge in [0.05, 0.1) is 0 Å². The van der Waals surface area contributed by atoms with Gasteiger partial charge in [0.2, 0.25) is 0 Å². The first-order valence-electron chi connectivity index (χ1n) is 5.27. The monoisotopic (exact) mass is 414 g/mol. The maximum absolute atomic E-state index is 3.35. The van der Waals surface area contributed by atoms with Crippen molar-refractivity contribution in [2.24, 2.45) is 0 Å². The van der Waals surface area contributed by atoms with E-state index in [1.165, 1.54) is 52.1 Å². The van der Waals surface area contributed by atoms with Gasteiger partial charge < -0.3 is 0 Å². The van der Waals surface area contributed by atoms with Crippen molar-refractivity contribution in [3.63, 3.8) is 0 Å². The summed E-state index contributed by atoms with van der Waals surface area (Å²) < 4.78 is 2.77. The number of rotatable bonds is 3. The molecule has 0 fully saturated rings. The van der Waals surface area contributed by atoms with Crippen LogP contribution in [-0.2, 0) is 0 Å². The highest BCUT2D eigenvalue weighted by molar-refractivity contribution is 14.1. The number of unbranched alkanes of at least 4 members (excludes halogenated alkanes) is 2. The second-order valence-electron chi connectivity index (χ2n) is 3.54. The Morgan fingerprint density at radius 3 is 2.64 bits per heavy atom. The van der Waals surface area contributed by atoms with E-state index in [0.717, 1.165) is 6.42 Å². The standard InChI is InChI=1S/C12H16I2/c13-10-6-2-1-3-7-11-8-4-5-9-12(11)14/h1-2,4-6,8-10H2. The Bertz CT molecular complexity index is 255. The molecule has 0 spiro atoms. The smallest absolute Gasteiger partial charge is 0.0113 e. The van der Waals surface area contributed by atoms with Crippen LogP contribution in [0.25, 0.3) is 0 Å². The summed E-state index contributed by atoms with van der Waals surface area (Å²) in [7, 11) is 0. The van der Waals surface area contributed by atoms with Gasteiger partial charge in [-0.05, 0) is 65.5 Å². The molecule has 0 atom stereocenters. The van der Waals surface area contributed by atoms with Crippen molar-refractivity contribution >= 4 is 45.2 Å². The highest BCUT2D eigenvalue weighted by Crippen LogP contribution is 2.28. The SMILES string of the molecule is ICCCCC#CC1=C(I)CCCC1. The topological polar surface area (TPSA) is 0 Å². The molecule has 1 rings (SSSR count). The van der Waals surface area contributed by atoms with Crippen LogP contribution in [0.1, 0.15) is 44.9 Å². The van der Waals surface area contributed by atoms with E-state index >= 15 is 0 Å². The second kappa shape index (κ2) is 7.98. The number of halogens is 2. The van der Waals surface area contributed by atoms with Crippen LogP contribution in [0.2, 0.25) is 0 Å². The average molecular weight is 414 g/mol. The van der Waals surface area contributed by atoms with Gasteiger partial charge in [0.15, 0.2) is 0 Å². The van der Waals surface area contributed by atoms with Gasteiger partial charge in [0.25, 0.3) is 0 Å². The number of allylic oxidation sites excluding steroid dienone is 2. The summed E-state index contributed by atoms with van der Waals surface area (Å²) in [6.45, 7) is 0. The van der Waals surface area contributed by atoms with Gasteiger partial charge in [-0.15, -0.1) is 0 Å². The zero-order chi connectivity index (χ0) is 10.2. The number of alkyl halides is 1. The Kier molecular flexibility index (Phi) is 7.31. The van der Waals surface area contributed by atoms with Crippen molar-refractivity contribution in [2.75, 3.05) is 4.43 Å². The van der Waals surface area contributed by atoms with Gasteiger partial charge in [-0.3, -0.25) is 0 Å². The summed E-state index contributed by atoms with van der Waals surface area (Å²) in [5.74, 6) is 6.65. The van der Waals surface area contributed by atoms with Crippen molar-refractivity contribution in [1.29, 1.82) is 0 Å². The van der Waals surface area contributed by atoms with Gasteiger partial charge >= 0.3 is 0 Å². The van der Waals surface area contributed by atoms with Crippen LogP contribution in [0, 0.1) is 11.8 Å². The highest BCUT2D eigenvalue weighted by Gasteiger charge is 2.07. The molecule has 0 aromatic carbocycles. The first-order valence-corrected chi connectivity index (χ1v) is 7.87. The largest absolute Gasteiger partial charge is 0.0982 e. The molecule has 0 aromatic rings. The quantitative estimate of drug-likeness (QED) is 0.268. The van der Waals surface area contributed by atoms with Gasteiger partial charge in [0, 0.05) is 15.6 Å². The molecule has 0 heterocycles. The Morgan fingerprint density at radius 2 is 1.93 bits per heavy atom. The fraction of sp³-hybridized carbons (Fsp3) is 0.667. The van der Waals surface area contributed by atoms with Crippen molar-refractivity contribution in [3.8, 4) is 11.8 Å². The molecule has 0 radical (unpaired) electrons. The van der Waals surface area contributed by atoms with E-state index in [9.17, 15) is 0 Å². The zero-order valence-electron chi connectivity index (χ0n) is 8.41. The third-order valence-electron chi connectivity index (χ3n) is 2.33. The highest BCUT2D eigenvalue weighted by atomic mass is 127. The molecule has 0 nitrogen and oxygen atoms in total. The van der Waals surface area contributed by atoms with Crippen LogP contribution in [0.5, 0.6) is 0 Å². The lowest BCUT2D eigenvalue weighted by atomic mass is 10.00. The minimum Gasteiger partial charge on any atom is -0.0982 e. The van der Waals surface area contributed by atoms with E-state index in [4.69, 9.17) is 0 Å². The first-order chi connectivity index (χ1) is 6.84. The number of hydrogen-bond donors (Lipinski definition) is 0. The minimum atomic E-state index is 1.08. The van der Waals surface area contributed by atoms with Gasteiger partial charge in [-0.2, -0.15) is 0 Å². The van der Waals surface area contributed by atoms with Crippen LogP contribution in [0.4, 0.5) is 0 Å². The molecule has 2 heteroatoms. The van der Waals surface area contributed by atoms with Crippen molar-refractivity contribution in [3.05, 3.63) is 9.15 Å². The molecule has 1 aliphatic rings. The minimum absolute atomic E-state index is 1.08. The molecule has 14 heavy (non-hydrogen) atoms. The van der Waals surface area contributed by atoms with E-state index in [0.29, 0.717) is 0 Å². The molecule has 0 aliphatic heterocycles. The summed E-state index contributed by atoms with van der Waals surface area (Å²) in [5, 5.41) is 0. The molecule has 0 saturated carbocycles. The fourth-order valence-electron chi connectivity index (χ4n) is 1.48. The molecule has 0 aromatic heterocycles.